The summed E-state index contributed by atoms with van der Waals surface area (Å²) in [5.74, 6) is 1.99. The Morgan fingerprint density at radius 3 is 2.56 bits per heavy atom. The Kier molecular flexibility index (Phi) is 7.45. The average Bonchev–Trinajstić information content (AvgIpc) is 3.65. The number of benzene rings is 1. The summed E-state index contributed by atoms with van der Waals surface area (Å²) in [6.45, 7) is 8.97. The summed E-state index contributed by atoms with van der Waals surface area (Å²) in [7, 11) is 0. The topological polar surface area (TPSA) is 60.7 Å². The predicted molar refractivity (Wildman–Crippen MR) is 147 cm³/mol. The van der Waals surface area contributed by atoms with Crippen LogP contribution >= 0.6 is 0 Å². The lowest BCUT2D eigenvalue weighted by Gasteiger charge is -2.44. The molecule has 1 aromatic rings. The van der Waals surface area contributed by atoms with E-state index in [0.29, 0.717) is 36.5 Å². The smallest absolute Gasteiger partial charge is 0.0821 e. The van der Waals surface area contributed by atoms with Gasteiger partial charge in [-0.2, -0.15) is 0 Å². The predicted octanol–water partition coefficient (Wildman–Crippen LogP) is 6.62. The second-order valence-corrected chi connectivity index (χ2v) is 12.3. The van der Waals surface area contributed by atoms with E-state index in [0.717, 1.165) is 41.5 Å². The molecule has 4 aliphatic carbocycles. The molecule has 0 spiro atoms. The number of allylic oxidation sites excluding steroid dienone is 4. The lowest BCUT2D eigenvalue weighted by molar-refractivity contribution is 0.0862. The Morgan fingerprint density at radius 1 is 1.08 bits per heavy atom. The van der Waals surface area contributed by atoms with Crippen molar-refractivity contribution in [2.24, 2.45) is 29.1 Å². The summed E-state index contributed by atoms with van der Waals surface area (Å²) < 4.78 is 0. The Balaban J connectivity index is 1.38. The number of rotatable bonds is 6. The van der Waals surface area contributed by atoms with Crippen LogP contribution in [0, 0.1) is 29.1 Å². The van der Waals surface area contributed by atoms with Crippen molar-refractivity contribution in [1.82, 2.24) is 0 Å². The third kappa shape index (κ3) is 5.08. The molecular formula is C33H44O3. The molecule has 3 N–H and O–H groups in total. The first kappa shape index (κ1) is 25.7. The van der Waals surface area contributed by atoms with Crippen LogP contribution in [0.2, 0.25) is 0 Å². The Labute approximate surface area is 217 Å². The maximum Gasteiger partial charge on any atom is 0.0821 e. The molecule has 3 heteroatoms. The summed E-state index contributed by atoms with van der Waals surface area (Å²) in [6.07, 6.45) is 14.6. The molecular weight excluding hydrogens is 444 g/mol. The van der Waals surface area contributed by atoms with Crippen LogP contribution in [-0.2, 0) is 0 Å². The molecule has 0 bridgehead atoms. The monoisotopic (exact) mass is 488 g/mol. The third-order valence-electron chi connectivity index (χ3n) is 9.87. The van der Waals surface area contributed by atoms with Gasteiger partial charge in [0, 0.05) is 6.42 Å². The molecule has 7 atom stereocenters. The molecule has 0 aliphatic heterocycles. The van der Waals surface area contributed by atoms with E-state index in [4.69, 9.17) is 0 Å². The van der Waals surface area contributed by atoms with Crippen molar-refractivity contribution in [3.63, 3.8) is 0 Å². The molecule has 194 valence electrons. The highest BCUT2D eigenvalue weighted by molar-refractivity contribution is 5.69. The minimum Gasteiger partial charge on any atom is -0.393 e. The summed E-state index contributed by atoms with van der Waals surface area (Å²) in [6, 6.07) is 10.5. The second kappa shape index (κ2) is 10.4. The SMILES string of the molecule is C=C1C(=CC=C2CCC[C@]3(C)[C@@H]([C@H](C)C=C(c4ccccc4)[C@@H](O)C4CC4)CC[C@@H]23)C[C@@H](O)C[C@@H]1O. The Morgan fingerprint density at radius 2 is 1.83 bits per heavy atom. The van der Waals surface area contributed by atoms with Crippen molar-refractivity contribution >= 4 is 5.57 Å². The maximum atomic E-state index is 11.2. The van der Waals surface area contributed by atoms with E-state index < -0.39 is 12.2 Å². The molecule has 0 aromatic heterocycles. The first-order valence-electron chi connectivity index (χ1n) is 14.2. The van der Waals surface area contributed by atoms with E-state index in [1.807, 2.05) is 6.07 Å². The Hall–Kier alpha value is -1.94. The average molecular weight is 489 g/mol. The zero-order valence-electron chi connectivity index (χ0n) is 22.1. The van der Waals surface area contributed by atoms with Crippen molar-refractivity contribution in [3.05, 3.63) is 77.4 Å². The highest BCUT2D eigenvalue weighted by Crippen LogP contribution is 2.60. The zero-order chi connectivity index (χ0) is 25.4. The molecule has 5 rings (SSSR count). The fourth-order valence-electron chi connectivity index (χ4n) is 7.67. The number of hydrogen-bond acceptors (Lipinski definition) is 3. The van der Waals surface area contributed by atoms with Gasteiger partial charge in [-0.05, 0) is 103 Å². The lowest BCUT2D eigenvalue weighted by Crippen LogP contribution is -2.35. The van der Waals surface area contributed by atoms with Crippen molar-refractivity contribution in [2.45, 2.75) is 89.9 Å². The van der Waals surface area contributed by atoms with Crippen molar-refractivity contribution in [3.8, 4) is 0 Å². The van der Waals surface area contributed by atoms with Crippen molar-refractivity contribution in [2.75, 3.05) is 0 Å². The fraction of sp³-hybridized carbons (Fsp3) is 0.576. The van der Waals surface area contributed by atoms with Crippen LogP contribution in [0.1, 0.15) is 77.2 Å². The molecule has 0 saturated heterocycles. The van der Waals surface area contributed by atoms with E-state index in [2.05, 4.69) is 62.9 Å². The summed E-state index contributed by atoms with van der Waals surface area (Å²) >= 11 is 0. The minimum absolute atomic E-state index is 0.257. The summed E-state index contributed by atoms with van der Waals surface area (Å²) in [5.41, 5.74) is 5.83. The van der Waals surface area contributed by atoms with Crippen LogP contribution < -0.4 is 0 Å². The molecule has 4 aliphatic rings. The van der Waals surface area contributed by atoms with Gasteiger partial charge in [-0.15, -0.1) is 0 Å². The fourth-order valence-corrected chi connectivity index (χ4v) is 7.67. The zero-order valence-corrected chi connectivity index (χ0v) is 22.1. The van der Waals surface area contributed by atoms with Crippen LogP contribution in [-0.4, -0.2) is 33.6 Å². The van der Waals surface area contributed by atoms with Gasteiger partial charge in [-0.25, -0.2) is 0 Å². The van der Waals surface area contributed by atoms with Gasteiger partial charge in [0.15, 0.2) is 0 Å². The largest absolute Gasteiger partial charge is 0.393 e. The van der Waals surface area contributed by atoms with Gasteiger partial charge in [-0.3, -0.25) is 0 Å². The van der Waals surface area contributed by atoms with E-state index in [-0.39, 0.29) is 11.5 Å². The van der Waals surface area contributed by atoms with Gasteiger partial charge < -0.3 is 15.3 Å². The van der Waals surface area contributed by atoms with E-state index in [9.17, 15) is 15.3 Å². The number of fused-ring (bicyclic) bond motifs is 1. The highest BCUT2D eigenvalue weighted by atomic mass is 16.3. The van der Waals surface area contributed by atoms with Crippen LogP contribution in [0.5, 0.6) is 0 Å². The molecule has 1 aromatic carbocycles. The Bertz CT molecular complexity index is 1050. The van der Waals surface area contributed by atoms with Crippen molar-refractivity contribution in [1.29, 1.82) is 0 Å². The first-order chi connectivity index (χ1) is 17.3. The van der Waals surface area contributed by atoms with Gasteiger partial charge in [-0.1, -0.05) is 74.6 Å². The van der Waals surface area contributed by atoms with E-state index in [1.165, 1.54) is 31.3 Å². The molecule has 4 fully saturated rings. The first-order valence-corrected chi connectivity index (χ1v) is 14.2. The van der Waals surface area contributed by atoms with Gasteiger partial charge in [0.05, 0.1) is 18.3 Å². The number of aliphatic hydroxyl groups excluding tert-OH is 3. The van der Waals surface area contributed by atoms with E-state index >= 15 is 0 Å². The van der Waals surface area contributed by atoms with Gasteiger partial charge in [0.25, 0.3) is 0 Å². The quantitative estimate of drug-likeness (QED) is 0.422. The van der Waals surface area contributed by atoms with Crippen LogP contribution in [0.15, 0.2) is 71.9 Å². The highest BCUT2D eigenvalue weighted by Gasteiger charge is 2.50. The molecule has 0 amide bonds. The molecule has 0 heterocycles. The molecule has 0 unspecified atom stereocenters. The maximum absolute atomic E-state index is 11.2. The normalized spacial score (nSPS) is 37.2. The molecule has 3 nitrogen and oxygen atoms in total. The molecule has 36 heavy (non-hydrogen) atoms. The van der Waals surface area contributed by atoms with E-state index in [1.54, 1.807) is 0 Å². The molecule has 0 radical (unpaired) electrons. The number of aliphatic hydroxyl groups is 3. The van der Waals surface area contributed by atoms with Gasteiger partial charge in [0.2, 0.25) is 0 Å². The number of hydrogen-bond donors (Lipinski definition) is 3. The van der Waals surface area contributed by atoms with Gasteiger partial charge in [0.1, 0.15) is 0 Å². The second-order valence-electron chi connectivity index (χ2n) is 12.3. The van der Waals surface area contributed by atoms with Crippen molar-refractivity contribution < 1.29 is 15.3 Å². The third-order valence-corrected chi connectivity index (χ3v) is 9.87. The van der Waals surface area contributed by atoms with Crippen LogP contribution in [0.3, 0.4) is 0 Å². The van der Waals surface area contributed by atoms with Crippen LogP contribution in [0.25, 0.3) is 5.57 Å². The standard InChI is InChI=1S/C33H44O3/c1-21(18-28(32(36)25-12-13-25)23-8-5-4-6-9-23)29-15-16-30-24(10-7-17-33(29,30)3)11-14-26-19-27(34)20-31(35)22(26)2/h4-6,8-9,11,14,18,21,25,27,29-32,34-36H,2,7,10,12-13,15-17,19-20H2,1,3H3/t21-,27-,29-,30+,31+,32+,33-/m1/s1. The van der Waals surface area contributed by atoms with Crippen LogP contribution in [0.4, 0.5) is 0 Å². The lowest BCUT2D eigenvalue weighted by atomic mass is 9.61. The minimum atomic E-state index is -0.636. The summed E-state index contributed by atoms with van der Waals surface area (Å²) in [4.78, 5) is 0. The van der Waals surface area contributed by atoms with Gasteiger partial charge >= 0.3 is 0 Å². The molecule has 4 saturated carbocycles. The summed E-state index contributed by atoms with van der Waals surface area (Å²) in [5, 5.41) is 31.5.